The fourth-order valence-corrected chi connectivity index (χ4v) is 14.2. The zero-order chi connectivity index (χ0) is 22.7. The van der Waals surface area contributed by atoms with Gasteiger partial charge in [0.2, 0.25) is 0 Å². The van der Waals surface area contributed by atoms with Crippen LogP contribution in [-0.2, 0) is 7.81 Å². The van der Waals surface area contributed by atoms with Crippen LogP contribution >= 0.6 is 8.92 Å². The van der Waals surface area contributed by atoms with E-state index in [-0.39, 0.29) is 17.9 Å². The number of ether oxygens (including phenoxy) is 1. The van der Waals surface area contributed by atoms with Crippen molar-refractivity contribution in [1.29, 1.82) is 0 Å². The van der Waals surface area contributed by atoms with Crippen molar-refractivity contribution in [3.8, 4) is 0 Å². The molecule has 0 saturated heterocycles. The van der Waals surface area contributed by atoms with Crippen molar-refractivity contribution in [2.24, 2.45) is 0 Å². The zero-order valence-corrected chi connectivity index (χ0v) is 21.7. The summed E-state index contributed by atoms with van der Waals surface area (Å²) in [6, 6.07) is 15.0. The molecule has 0 aromatic heterocycles. The summed E-state index contributed by atoms with van der Waals surface area (Å²) in [5, 5.41) is 10.8. The Hall–Kier alpha value is -1.64. The van der Waals surface area contributed by atoms with Crippen LogP contribution in [0.4, 0.5) is 5.69 Å². The van der Waals surface area contributed by atoms with Gasteiger partial charge in [-0.2, -0.15) is 0 Å². The number of esters is 1. The Morgan fingerprint density at radius 1 is 1.03 bits per heavy atom. The number of nitro groups is 1. The van der Waals surface area contributed by atoms with Crippen molar-refractivity contribution in [1.82, 2.24) is 0 Å². The van der Waals surface area contributed by atoms with Gasteiger partial charge in [0.25, 0.3) is 0 Å². The molecule has 2 rings (SSSR count). The van der Waals surface area contributed by atoms with Gasteiger partial charge in [0, 0.05) is 0 Å². The molecule has 2 aromatic carbocycles. The molecule has 6 nitrogen and oxygen atoms in total. The van der Waals surface area contributed by atoms with E-state index in [4.69, 9.17) is 16.7 Å². The average Bonchev–Trinajstić information content (AvgIpc) is 2.79. The number of carbonyl (C=O) groups excluding carboxylic acids is 1. The van der Waals surface area contributed by atoms with Crippen LogP contribution < -0.4 is 0 Å². The quantitative estimate of drug-likeness (QED) is 0.118. The molecule has 1 atom stereocenters. The predicted octanol–water partition coefficient (Wildman–Crippen LogP) is 6.79. The third kappa shape index (κ3) is 8.43. The molecule has 31 heavy (non-hydrogen) atoms. The standard InChI is InChI=1S/C15H12NO5.2C4H9.ClH.Sn/c17-14(11-4-2-1-3-5-11)10-21-15(18)12-6-8-13(9-7-12)16(19)20;2*1-3-4-2;;/h1-9,14H,10H2;2*1,3-4H2,2H3;1H;/q-1;;;;+2/p-1. The third-order valence-corrected chi connectivity index (χ3v) is 16.4. The Balaban J connectivity index is 2.14. The second kappa shape index (κ2) is 13.0. The number of carbonyl (C=O) groups is 1. The molecule has 0 saturated carbocycles. The van der Waals surface area contributed by atoms with Gasteiger partial charge < -0.3 is 0 Å². The van der Waals surface area contributed by atoms with Gasteiger partial charge in [0.15, 0.2) is 0 Å². The summed E-state index contributed by atoms with van der Waals surface area (Å²) in [7, 11) is 7.10. The molecule has 0 aliphatic heterocycles. The molecule has 0 aliphatic rings. The van der Waals surface area contributed by atoms with Crippen LogP contribution in [0.1, 0.15) is 61.6 Å². The van der Waals surface area contributed by atoms with Crippen LogP contribution in [0.3, 0.4) is 0 Å². The molecule has 1 unspecified atom stereocenters. The second-order valence-electron chi connectivity index (χ2n) is 7.51. The maximum atomic E-state index is 12.5. The second-order valence-corrected chi connectivity index (χ2v) is 20.7. The number of hydrogen-bond acceptors (Lipinski definition) is 5. The molecule has 0 radical (unpaired) electrons. The van der Waals surface area contributed by atoms with E-state index in [2.05, 4.69) is 13.8 Å². The fourth-order valence-electron chi connectivity index (χ4n) is 3.20. The Bertz CT molecular complexity index is 824. The van der Waals surface area contributed by atoms with Crippen molar-refractivity contribution in [2.75, 3.05) is 6.61 Å². The van der Waals surface area contributed by atoms with Gasteiger partial charge in [-0.25, -0.2) is 0 Å². The summed E-state index contributed by atoms with van der Waals surface area (Å²) in [6.07, 6.45) is 3.77. The molecule has 0 amide bonds. The molecule has 0 heterocycles. The van der Waals surface area contributed by atoms with Gasteiger partial charge in [-0.05, 0) is 0 Å². The third-order valence-electron chi connectivity index (χ3n) is 5.01. The summed E-state index contributed by atoms with van der Waals surface area (Å²) in [4.78, 5) is 22.8. The number of halogens is 1. The van der Waals surface area contributed by atoms with Gasteiger partial charge in [-0.1, -0.05) is 0 Å². The molecular formula is C23H30ClNO5Sn. The predicted molar refractivity (Wildman–Crippen MR) is 125 cm³/mol. The van der Waals surface area contributed by atoms with Gasteiger partial charge in [0.05, 0.1) is 0 Å². The van der Waals surface area contributed by atoms with Crippen molar-refractivity contribution in [3.63, 3.8) is 0 Å². The summed E-state index contributed by atoms with van der Waals surface area (Å²) in [5.74, 6) is -0.545. The van der Waals surface area contributed by atoms with E-state index in [1.165, 1.54) is 24.3 Å². The van der Waals surface area contributed by atoms with Gasteiger partial charge in [0.1, 0.15) is 0 Å². The van der Waals surface area contributed by atoms with Crippen LogP contribution in [0.5, 0.6) is 0 Å². The summed E-state index contributed by atoms with van der Waals surface area (Å²) in [5.41, 5.74) is 1.11. The molecule has 0 fully saturated rings. The summed E-state index contributed by atoms with van der Waals surface area (Å²) >= 11 is -3.36. The van der Waals surface area contributed by atoms with Crippen molar-refractivity contribution in [2.45, 2.75) is 54.5 Å². The van der Waals surface area contributed by atoms with E-state index < -0.39 is 34.7 Å². The molecule has 0 aliphatic carbocycles. The van der Waals surface area contributed by atoms with Crippen molar-refractivity contribution >= 4 is 38.2 Å². The Labute approximate surface area is 192 Å². The number of unbranched alkanes of at least 4 members (excludes halogenated alkanes) is 2. The Morgan fingerprint density at radius 2 is 1.61 bits per heavy atom. The zero-order valence-electron chi connectivity index (χ0n) is 18.1. The topological polar surface area (TPSA) is 78.7 Å². The first-order valence-corrected chi connectivity index (χ1v) is 19.5. The van der Waals surface area contributed by atoms with Crippen LogP contribution in [-0.4, -0.2) is 35.2 Å². The minimum absolute atomic E-state index is 0.0451. The van der Waals surface area contributed by atoms with E-state index in [1.54, 1.807) is 0 Å². The van der Waals surface area contributed by atoms with Gasteiger partial charge in [-0.15, -0.1) is 0 Å². The molecule has 2 aromatic rings. The maximum absolute atomic E-state index is 12.5. The number of hydrogen-bond donors (Lipinski definition) is 0. The number of benzene rings is 2. The van der Waals surface area contributed by atoms with Crippen LogP contribution in [0.25, 0.3) is 0 Å². The number of non-ortho nitro benzene ring substituents is 1. The number of nitrogens with zero attached hydrogens (tertiary/aromatic N) is 1. The molecule has 0 bridgehead atoms. The first-order chi connectivity index (χ1) is 14.9. The average molecular weight is 555 g/mol. The van der Waals surface area contributed by atoms with E-state index in [9.17, 15) is 14.9 Å². The number of rotatable bonds is 13. The van der Waals surface area contributed by atoms with Crippen LogP contribution in [0, 0.1) is 10.1 Å². The van der Waals surface area contributed by atoms with Gasteiger partial charge in [-0.3, -0.25) is 0 Å². The van der Waals surface area contributed by atoms with Crippen LogP contribution in [0.2, 0.25) is 8.87 Å². The summed E-state index contributed by atoms with van der Waals surface area (Å²) in [6.45, 7) is 4.33. The minimum atomic E-state index is -3.36. The molecule has 8 heteroatoms. The van der Waals surface area contributed by atoms with Crippen LogP contribution in [0.15, 0.2) is 54.6 Å². The number of nitro benzene ring substituents is 1. The van der Waals surface area contributed by atoms with Gasteiger partial charge >= 0.3 is 193 Å². The first-order valence-electron chi connectivity index (χ1n) is 10.7. The van der Waals surface area contributed by atoms with E-state index in [1.807, 2.05) is 30.3 Å². The normalized spacial score (nSPS) is 12.4. The molecule has 0 N–H and O–H groups in total. The first kappa shape index (κ1) is 25.6. The van der Waals surface area contributed by atoms with E-state index >= 15 is 0 Å². The van der Waals surface area contributed by atoms with E-state index in [0.717, 1.165) is 40.1 Å². The molecule has 168 valence electrons. The Morgan fingerprint density at radius 3 is 2.13 bits per heavy atom. The van der Waals surface area contributed by atoms with Crippen molar-refractivity contribution < 1.29 is 17.5 Å². The monoisotopic (exact) mass is 555 g/mol. The van der Waals surface area contributed by atoms with Crippen molar-refractivity contribution in [3.05, 3.63) is 75.8 Å². The fraction of sp³-hybridized carbons (Fsp3) is 0.435. The summed E-state index contributed by atoms with van der Waals surface area (Å²) < 4.78 is 14.0. The molecular weight excluding hydrogens is 524 g/mol. The SMILES string of the molecule is CCC[CH2][Sn]([Cl])([CH2]CCC)[O]C(COC(=O)c1ccc([N+](=O)[O-])cc1)c1ccccc1. The molecule has 0 spiro atoms. The Kier molecular flexibility index (Phi) is 10.8. The van der Waals surface area contributed by atoms with E-state index in [0.29, 0.717) is 0 Å².